The molecule has 134 valence electrons. The van der Waals surface area contributed by atoms with Crippen LogP contribution in [0.4, 0.5) is 0 Å². The van der Waals surface area contributed by atoms with Crippen LogP contribution in [0.25, 0.3) is 6.08 Å². The number of halogens is 2. The van der Waals surface area contributed by atoms with Crippen molar-refractivity contribution in [3.8, 4) is 0 Å². The Morgan fingerprint density at radius 3 is 2.42 bits per heavy atom. The van der Waals surface area contributed by atoms with Gasteiger partial charge in [-0.1, -0.05) is 59.6 Å². The highest BCUT2D eigenvalue weighted by molar-refractivity contribution is 6.32. The van der Waals surface area contributed by atoms with Gasteiger partial charge in [-0.15, -0.1) is 0 Å². The van der Waals surface area contributed by atoms with Gasteiger partial charge in [0.15, 0.2) is 0 Å². The maximum Gasteiger partial charge on any atom is 0.0827 e. The number of hydrogen-bond acceptors (Lipinski definition) is 3. The molecule has 0 aromatic heterocycles. The molecule has 2 unspecified atom stereocenters. The van der Waals surface area contributed by atoms with Crippen molar-refractivity contribution in [3.05, 3.63) is 75.3 Å². The summed E-state index contributed by atoms with van der Waals surface area (Å²) < 4.78 is 0. The van der Waals surface area contributed by atoms with Gasteiger partial charge >= 0.3 is 0 Å². The zero-order chi connectivity index (χ0) is 18.3. The first-order valence-electron chi connectivity index (χ1n) is 8.74. The molecule has 0 saturated carbocycles. The molecule has 2 atom stereocenters. The van der Waals surface area contributed by atoms with Crippen LogP contribution >= 0.6 is 23.2 Å². The zero-order valence-corrected chi connectivity index (χ0v) is 16.4. The van der Waals surface area contributed by atoms with Gasteiger partial charge in [0.25, 0.3) is 0 Å². The van der Waals surface area contributed by atoms with Crippen molar-refractivity contribution in [2.24, 2.45) is 11.0 Å². The number of hydrogen-bond donors (Lipinski definition) is 0. The van der Waals surface area contributed by atoms with Crippen molar-refractivity contribution in [2.45, 2.75) is 6.04 Å². The molecule has 0 spiro atoms. The normalized spacial score (nSPS) is 24.7. The van der Waals surface area contributed by atoms with Gasteiger partial charge in [0.05, 0.1) is 11.8 Å². The van der Waals surface area contributed by atoms with Gasteiger partial charge in [-0.3, -0.25) is 5.01 Å². The lowest BCUT2D eigenvalue weighted by atomic mass is 9.83. The van der Waals surface area contributed by atoms with Crippen LogP contribution in [0.2, 0.25) is 10.0 Å². The number of likely N-dealkylation sites (tertiary alicyclic amines) is 1. The molecule has 0 radical (unpaired) electrons. The van der Waals surface area contributed by atoms with Crippen molar-refractivity contribution < 1.29 is 0 Å². The Morgan fingerprint density at radius 1 is 1.00 bits per heavy atom. The minimum Gasteiger partial charge on any atom is -0.301 e. The van der Waals surface area contributed by atoms with Crippen molar-refractivity contribution in [1.29, 1.82) is 0 Å². The smallest absolute Gasteiger partial charge is 0.0827 e. The van der Waals surface area contributed by atoms with Crippen molar-refractivity contribution in [2.75, 3.05) is 27.2 Å². The number of fused-ring (bicyclic) bond motifs is 1. The number of likely N-dealkylation sites (N-methyl/N-ethyl adjacent to an activating group) is 1. The molecular formula is C21H21Cl2N3. The number of piperidine rings is 1. The van der Waals surface area contributed by atoms with E-state index in [2.05, 4.69) is 29.1 Å². The van der Waals surface area contributed by atoms with E-state index in [0.717, 1.165) is 40.0 Å². The first-order chi connectivity index (χ1) is 12.5. The molecule has 2 aliphatic rings. The maximum absolute atomic E-state index is 6.50. The molecule has 4 rings (SSSR count). The van der Waals surface area contributed by atoms with E-state index in [0.29, 0.717) is 0 Å². The number of nitrogens with zero attached hydrogens (tertiary/aromatic N) is 3. The van der Waals surface area contributed by atoms with Crippen LogP contribution in [-0.2, 0) is 0 Å². The molecule has 0 N–H and O–H groups in total. The van der Waals surface area contributed by atoms with Crippen molar-refractivity contribution >= 4 is 35.0 Å². The van der Waals surface area contributed by atoms with Crippen LogP contribution in [0, 0.1) is 5.92 Å². The summed E-state index contributed by atoms with van der Waals surface area (Å²) in [7, 11) is 4.19. The summed E-state index contributed by atoms with van der Waals surface area (Å²) in [6, 6.07) is 16.2. The van der Waals surface area contributed by atoms with Crippen molar-refractivity contribution in [3.63, 3.8) is 0 Å². The predicted octanol–water partition coefficient (Wildman–Crippen LogP) is 4.98. The Bertz CT molecular complexity index is 890. The van der Waals surface area contributed by atoms with E-state index in [1.807, 2.05) is 49.5 Å². The fourth-order valence-corrected chi connectivity index (χ4v) is 4.45. The van der Waals surface area contributed by atoms with E-state index < -0.39 is 0 Å². The molecule has 0 amide bonds. The number of rotatable bonds is 2. The van der Waals surface area contributed by atoms with Gasteiger partial charge in [-0.25, -0.2) is 0 Å². The molecule has 2 aliphatic heterocycles. The highest BCUT2D eigenvalue weighted by atomic mass is 35.5. The van der Waals surface area contributed by atoms with Gasteiger partial charge < -0.3 is 4.90 Å². The van der Waals surface area contributed by atoms with Gasteiger partial charge in [0.1, 0.15) is 0 Å². The number of hydrazone groups is 1. The first kappa shape index (κ1) is 17.6. The largest absolute Gasteiger partial charge is 0.301 e. The lowest BCUT2D eigenvalue weighted by molar-refractivity contribution is 0.211. The summed E-state index contributed by atoms with van der Waals surface area (Å²) in [5, 5.41) is 8.52. The molecule has 1 fully saturated rings. The third kappa shape index (κ3) is 3.16. The standard InChI is InChI=1S/C21H21Cl2N3/c1-25-12-15(11-14-7-3-5-9-18(14)22)20-17(13-25)21(26(2)24-20)16-8-4-6-10-19(16)23/h3-11,17,21H,12-13H2,1-2H3. The Hall–Kier alpha value is -1.81. The van der Waals surface area contributed by atoms with Crippen LogP contribution in [0.5, 0.6) is 0 Å². The minimum absolute atomic E-state index is 0.149. The van der Waals surface area contributed by atoms with Gasteiger partial charge in [0, 0.05) is 36.1 Å². The molecule has 2 aromatic carbocycles. The van der Waals surface area contributed by atoms with E-state index >= 15 is 0 Å². The van der Waals surface area contributed by atoms with Gasteiger partial charge in [-0.2, -0.15) is 5.10 Å². The Kier molecular flexibility index (Phi) is 4.78. The summed E-state index contributed by atoms with van der Waals surface area (Å²) in [4.78, 5) is 2.34. The molecule has 1 saturated heterocycles. The average Bonchev–Trinajstić information content (AvgIpc) is 2.93. The minimum atomic E-state index is 0.149. The van der Waals surface area contributed by atoms with E-state index in [-0.39, 0.29) is 12.0 Å². The molecule has 5 heteroatoms. The van der Waals surface area contributed by atoms with Crippen molar-refractivity contribution in [1.82, 2.24) is 9.91 Å². The summed E-state index contributed by atoms with van der Waals surface area (Å²) >= 11 is 12.9. The van der Waals surface area contributed by atoms with Gasteiger partial charge in [0.2, 0.25) is 0 Å². The average molecular weight is 386 g/mol. The van der Waals surface area contributed by atoms with Crippen LogP contribution in [0.1, 0.15) is 17.2 Å². The lowest BCUT2D eigenvalue weighted by Crippen LogP contribution is -2.41. The van der Waals surface area contributed by atoms with E-state index in [1.54, 1.807) is 0 Å². The zero-order valence-electron chi connectivity index (χ0n) is 14.9. The first-order valence-corrected chi connectivity index (χ1v) is 9.50. The van der Waals surface area contributed by atoms with E-state index in [9.17, 15) is 0 Å². The monoisotopic (exact) mass is 385 g/mol. The highest BCUT2D eigenvalue weighted by Gasteiger charge is 2.42. The molecule has 26 heavy (non-hydrogen) atoms. The molecule has 3 nitrogen and oxygen atoms in total. The molecule has 2 aromatic rings. The molecule has 2 heterocycles. The molecular weight excluding hydrogens is 365 g/mol. The summed E-state index contributed by atoms with van der Waals surface area (Å²) in [5.74, 6) is 0.285. The van der Waals surface area contributed by atoms with Gasteiger partial charge in [-0.05, 0) is 42.0 Å². The second kappa shape index (κ2) is 7.07. The third-order valence-electron chi connectivity index (χ3n) is 5.14. The Morgan fingerprint density at radius 2 is 1.69 bits per heavy atom. The quantitative estimate of drug-likeness (QED) is 0.725. The summed E-state index contributed by atoms with van der Waals surface area (Å²) in [6.07, 6.45) is 2.17. The fourth-order valence-electron chi connectivity index (χ4n) is 4.01. The number of benzene rings is 2. The Balaban J connectivity index is 1.74. The second-order valence-electron chi connectivity index (χ2n) is 7.02. The predicted molar refractivity (Wildman–Crippen MR) is 110 cm³/mol. The van der Waals surface area contributed by atoms with Crippen LogP contribution < -0.4 is 0 Å². The van der Waals surface area contributed by atoms with E-state index in [1.165, 1.54) is 5.57 Å². The third-order valence-corrected chi connectivity index (χ3v) is 5.83. The fraction of sp³-hybridized carbons (Fsp3) is 0.286. The maximum atomic E-state index is 6.50. The highest BCUT2D eigenvalue weighted by Crippen LogP contribution is 2.41. The van der Waals surface area contributed by atoms with Crippen LogP contribution in [-0.4, -0.2) is 42.8 Å². The second-order valence-corrected chi connectivity index (χ2v) is 7.83. The van der Waals surface area contributed by atoms with E-state index in [4.69, 9.17) is 28.3 Å². The summed E-state index contributed by atoms with van der Waals surface area (Å²) in [6.45, 7) is 1.82. The lowest BCUT2D eigenvalue weighted by Gasteiger charge is -2.34. The SMILES string of the molecule is CN1CC(=Cc2ccccc2Cl)C2=NN(C)C(c3ccccc3Cl)C2C1. The molecule has 0 aliphatic carbocycles. The Labute approximate surface area is 164 Å². The van der Waals surface area contributed by atoms with Crippen LogP contribution in [0.3, 0.4) is 0 Å². The molecule has 0 bridgehead atoms. The topological polar surface area (TPSA) is 18.8 Å². The van der Waals surface area contributed by atoms with Crippen LogP contribution in [0.15, 0.2) is 59.2 Å². The summed E-state index contributed by atoms with van der Waals surface area (Å²) in [5.41, 5.74) is 4.53.